The van der Waals surface area contributed by atoms with E-state index >= 15 is 0 Å². The number of halogens is 1. The second kappa shape index (κ2) is 10.7. The Morgan fingerprint density at radius 3 is 1.59 bits per heavy atom. The molecule has 3 aromatic carbocycles. The van der Waals surface area contributed by atoms with E-state index in [0.29, 0.717) is 36.8 Å². The molecule has 0 heterocycles. The number of hydrogen-bond donors (Lipinski definition) is 2. The summed E-state index contributed by atoms with van der Waals surface area (Å²) in [6, 6.07) is 17.4. The normalized spacial score (nSPS) is 12.3. The Bertz CT molecular complexity index is 1310. The van der Waals surface area contributed by atoms with Gasteiger partial charge in [-0.25, -0.2) is 0 Å². The molecule has 0 radical (unpaired) electrons. The molecule has 0 atom stereocenters. The minimum absolute atomic E-state index is 0.0416. The first kappa shape index (κ1) is 26.6. The Morgan fingerprint density at radius 1 is 0.735 bits per heavy atom. The summed E-state index contributed by atoms with van der Waals surface area (Å²) in [5, 5.41) is 0. The molecule has 0 fully saturated rings. The van der Waals surface area contributed by atoms with Crippen LogP contribution in [0, 0.1) is 13.8 Å². The van der Waals surface area contributed by atoms with Crippen molar-refractivity contribution in [2.75, 3.05) is 0 Å². The lowest BCUT2D eigenvalue weighted by Crippen LogP contribution is -2.09. The zero-order chi connectivity index (χ0) is 25.1. The highest BCUT2D eigenvalue weighted by Crippen LogP contribution is 2.34. The van der Waals surface area contributed by atoms with Crippen LogP contribution < -0.4 is 0 Å². The molecule has 182 valence electrons. The molecule has 2 N–H and O–H groups in total. The topological polar surface area (TPSA) is 109 Å². The molecule has 0 aromatic heterocycles. The summed E-state index contributed by atoms with van der Waals surface area (Å²) in [6.07, 6.45) is 1.95. The molecular weight excluding hydrogens is 540 g/mol. The van der Waals surface area contributed by atoms with Gasteiger partial charge in [-0.1, -0.05) is 69.5 Å². The van der Waals surface area contributed by atoms with Crippen LogP contribution in [0.5, 0.6) is 0 Å². The van der Waals surface area contributed by atoms with Gasteiger partial charge >= 0.3 is 0 Å². The van der Waals surface area contributed by atoms with Crippen LogP contribution in [0.4, 0.5) is 0 Å². The zero-order valence-corrected chi connectivity index (χ0v) is 22.1. The van der Waals surface area contributed by atoms with Crippen molar-refractivity contribution < 1.29 is 25.9 Å². The zero-order valence-electron chi connectivity index (χ0n) is 18.9. The van der Waals surface area contributed by atoms with Gasteiger partial charge in [0.15, 0.2) is 0 Å². The van der Waals surface area contributed by atoms with Crippen LogP contribution >= 0.6 is 15.9 Å². The van der Waals surface area contributed by atoms with Crippen LogP contribution in [0.15, 0.2) is 74.9 Å². The van der Waals surface area contributed by atoms with Gasteiger partial charge in [-0.05, 0) is 80.3 Å². The van der Waals surface area contributed by atoms with Crippen LogP contribution in [-0.4, -0.2) is 25.9 Å². The standard InChI is InChI=1S/C25H27BrO6S2/c1-17-7-13-24(33(27,28)29)20(15-17)11-9-19(22-5-3-4-6-23(22)26)10-12-21-16-18(2)8-14-25(21)34(30,31)32/h3-8,13-16,19H,9-12H2,1-2H3,(H,27,28,29)(H,30,31,32). The minimum Gasteiger partial charge on any atom is -0.282 e. The third kappa shape index (κ3) is 6.76. The van der Waals surface area contributed by atoms with Crippen molar-refractivity contribution in [2.45, 2.75) is 55.2 Å². The molecule has 3 aromatic rings. The summed E-state index contributed by atoms with van der Waals surface area (Å²) < 4.78 is 67.7. The third-order valence-electron chi connectivity index (χ3n) is 5.86. The molecule has 0 aliphatic carbocycles. The van der Waals surface area contributed by atoms with Crippen LogP contribution in [0.3, 0.4) is 0 Å². The average Bonchev–Trinajstić information content (AvgIpc) is 2.73. The Balaban J connectivity index is 1.93. The maximum absolute atomic E-state index is 11.9. The molecular formula is C25H27BrO6S2. The van der Waals surface area contributed by atoms with Gasteiger partial charge in [-0.15, -0.1) is 0 Å². The Kier molecular flexibility index (Phi) is 8.36. The van der Waals surface area contributed by atoms with Crippen molar-refractivity contribution in [1.29, 1.82) is 0 Å². The van der Waals surface area contributed by atoms with Gasteiger partial charge in [-0.3, -0.25) is 9.11 Å². The molecule has 0 unspecified atom stereocenters. The largest absolute Gasteiger partial charge is 0.294 e. The first-order valence-electron chi connectivity index (χ1n) is 10.7. The maximum Gasteiger partial charge on any atom is 0.294 e. The van der Waals surface area contributed by atoms with Gasteiger partial charge < -0.3 is 0 Å². The van der Waals surface area contributed by atoms with Crippen molar-refractivity contribution in [3.05, 3.63) is 93.0 Å². The van der Waals surface area contributed by atoms with E-state index in [4.69, 9.17) is 0 Å². The number of aryl methyl sites for hydroxylation is 4. The van der Waals surface area contributed by atoms with Gasteiger partial charge in [0.25, 0.3) is 20.2 Å². The van der Waals surface area contributed by atoms with Crippen molar-refractivity contribution in [3.63, 3.8) is 0 Å². The van der Waals surface area contributed by atoms with Gasteiger partial charge in [0, 0.05) is 4.47 Å². The number of hydrogen-bond acceptors (Lipinski definition) is 4. The maximum atomic E-state index is 11.9. The highest BCUT2D eigenvalue weighted by molar-refractivity contribution is 9.10. The monoisotopic (exact) mass is 566 g/mol. The first-order chi connectivity index (χ1) is 15.9. The Morgan fingerprint density at radius 2 is 1.18 bits per heavy atom. The third-order valence-corrected chi connectivity index (χ3v) is 8.49. The highest BCUT2D eigenvalue weighted by Gasteiger charge is 2.21. The van der Waals surface area contributed by atoms with Gasteiger partial charge in [-0.2, -0.15) is 16.8 Å². The molecule has 9 heteroatoms. The fourth-order valence-electron chi connectivity index (χ4n) is 4.23. The van der Waals surface area contributed by atoms with E-state index in [-0.39, 0.29) is 15.7 Å². The molecule has 0 spiro atoms. The van der Waals surface area contributed by atoms with Crippen molar-refractivity contribution in [3.8, 4) is 0 Å². The fourth-order valence-corrected chi connectivity index (χ4v) is 6.30. The minimum atomic E-state index is -4.36. The van der Waals surface area contributed by atoms with E-state index in [1.165, 1.54) is 12.1 Å². The molecule has 6 nitrogen and oxygen atoms in total. The smallest absolute Gasteiger partial charge is 0.282 e. The van der Waals surface area contributed by atoms with Crippen molar-refractivity contribution in [1.82, 2.24) is 0 Å². The lowest BCUT2D eigenvalue weighted by atomic mass is 9.87. The quantitative estimate of drug-likeness (QED) is 0.312. The highest BCUT2D eigenvalue weighted by atomic mass is 79.9. The van der Waals surface area contributed by atoms with E-state index in [0.717, 1.165) is 21.2 Å². The molecule has 0 saturated carbocycles. The van der Waals surface area contributed by atoms with Gasteiger partial charge in [0.1, 0.15) is 0 Å². The van der Waals surface area contributed by atoms with Gasteiger partial charge in [0.2, 0.25) is 0 Å². The lowest BCUT2D eigenvalue weighted by molar-refractivity contribution is 0.480. The number of rotatable bonds is 9. The van der Waals surface area contributed by atoms with Crippen LogP contribution in [0.2, 0.25) is 0 Å². The van der Waals surface area contributed by atoms with Crippen molar-refractivity contribution >= 4 is 36.2 Å². The van der Waals surface area contributed by atoms with Crippen molar-refractivity contribution in [2.24, 2.45) is 0 Å². The second-order valence-corrected chi connectivity index (χ2v) is 12.1. The van der Waals surface area contributed by atoms with Gasteiger partial charge in [0.05, 0.1) is 9.79 Å². The lowest BCUT2D eigenvalue weighted by Gasteiger charge is -2.20. The number of benzene rings is 3. The van der Waals surface area contributed by atoms with E-state index in [1.54, 1.807) is 24.3 Å². The molecule has 34 heavy (non-hydrogen) atoms. The average molecular weight is 568 g/mol. The summed E-state index contributed by atoms with van der Waals surface area (Å²) >= 11 is 3.59. The second-order valence-electron chi connectivity index (χ2n) is 8.47. The molecule has 0 bridgehead atoms. The molecule has 0 saturated heterocycles. The van der Waals surface area contributed by atoms with Crippen LogP contribution in [0.1, 0.15) is 46.6 Å². The summed E-state index contributed by atoms with van der Waals surface area (Å²) in [4.78, 5) is -0.201. The molecule has 3 rings (SSSR count). The van der Waals surface area contributed by atoms with E-state index in [2.05, 4.69) is 15.9 Å². The Hall–Kier alpha value is -2.04. The van der Waals surface area contributed by atoms with Crippen LogP contribution in [-0.2, 0) is 33.1 Å². The Labute approximate surface area is 209 Å². The summed E-state index contributed by atoms with van der Waals surface area (Å²) in [5.74, 6) is -0.0416. The van der Waals surface area contributed by atoms with E-state index in [9.17, 15) is 25.9 Å². The predicted molar refractivity (Wildman–Crippen MR) is 136 cm³/mol. The fraction of sp³-hybridized carbons (Fsp3) is 0.280. The molecule has 0 aliphatic heterocycles. The predicted octanol–water partition coefficient (Wildman–Crippen LogP) is 5.91. The summed E-state index contributed by atoms with van der Waals surface area (Å²) in [6.45, 7) is 3.72. The van der Waals surface area contributed by atoms with Crippen LogP contribution in [0.25, 0.3) is 0 Å². The van der Waals surface area contributed by atoms with E-state index < -0.39 is 20.2 Å². The summed E-state index contributed by atoms with van der Waals surface area (Å²) in [5.41, 5.74) is 3.86. The SMILES string of the molecule is Cc1ccc(S(=O)(=O)O)c(CCC(CCc2cc(C)ccc2S(=O)(=O)O)c2ccccc2Br)c1. The first-order valence-corrected chi connectivity index (χ1v) is 14.4. The van der Waals surface area contributed by atoms with E-state index in [1.807, 2.05) is 38.1 Å². The molecule has 0 amide bonds. The molecule has 0 aliphatic rings. The summed E-state index contributed by atoms with van der Waals surface area (Å²) in [7, 11) is -8.71.